The number of para-hydroxylation sites is 1. The minimum Gasteiger partial charge on any atom is -0.493 e. The molecule has 35 heavy (non-hydrogen) atoms. The van der Waals surface area contributed by atoms with Crippen LogP contribution >= 0.6 is 11.6 Å². The van der Waals surface area contributed by atoms with Crippen LogP contribution in [-0.2, 0) is 0 Å². The molecular weight excluding hydrogens is 466 g/mol. The highest BCUT2D eigenvalue weighted by atomic mass is 35.5. The zero-order valence-corrected chi connectivity index (χ0v) is 20.1. The molecule has 0 radical (unpaired) electrons. The highest BCUT2D eigenvalue weighted by molar-refractivity contribution is 6.32. The zero-order valence-electron chi connectivity index (χ0n) is 19.3. The van der Waals surface area contributed by atoms with E-state index in [2.05, 4.69) is 22.7 Å². The van der Waals surface area contributed by atoms with E-state index in [1.54, 1.807) is 19.4 Å². The summed E-state index contributed by atoms with van der Waals surface area (Å²) < 4.78 is 13.5. The normalized spacial score (nSPS) is 17.1. The molecule has 4 heterocycles. The fourth-order valence-electron chi connectivity index (χ4n) is 4.51. The van der Waals surface area contributed by atoms with Crippen LogP contribution in [0.25, 0.3) is 22.3 Å². The van der Waals surface area contributed by atoms with E-state index in [0.29, 0.717) is 40.0 Å². The summed E-state index contributed by atoms with van der Waals surface area (Å²) in [5.74, 6) is 1.06. The molecule has 1 fully saturated rings. The molecule has 1 saturated carbocycles. The van der Waals surface area contributed by atoms with Crippen molar-refractivity contribution >= 4 is 34.2 Å². The number of rotatable bonds is 6. The molecule has 2 aliphatic rings. The third-order valence-electron chi connectivity index (χ3n) is 6.37. The predicted octanol–water partition coefficient (Wildman–Crippen LogP) is 5.02. The van der Waals surface area contributed by atoms with Gasteiger partial charge in [0.25, 0.3) is 5.91 Å². The molecule has 1 aliphatic carbocycles. The molecule has 1 amide bonds. The van der Waals surface area contributed by atoms with Crippen LogP contribution in [0.3, 0.4) is 0 Å². The van der Waals surface area contributed by atoms with E-state index in [9.17, 15) is 4.79 Å². The van der Waals surface area contributed by atoms with Crippen molar-refractivity contribution in [2.24, 2.45) is 0 Å². The Labute approximate surface area is 207 Å². The summed E-state index contributed by atoms with van der Waals surface area (Å²) in [5, 5.41) is 3.47. The number of methoxy groups -OCH3 is 1. The Morgan fingerprint density at radius 2 is 2.03 bits per heavy atom. The Morgan fingerprint density at radius 3 is 2.83 bits per heavy atom. The maximum absolute atomic E-state index is 12.9. The lowest BCUT2D eigenvalue weighted by molar-refractivity contribution is 0.0940. The fraction of sp³-hybridized carbons (Fsp3) is 0.269. The molecule has 4 aromatic rings. The fourth-order valence-corrected chi connectivity index (χ4v) is 4.76. The van der Waals surface area contributed by atoms with Gasteiger partial charge in [-0.1, -0.05) is 24.6 Å². The largest absolute Gasteiger partial charge is 0.493 e. The van der Waals surface area contributed by atoms with Gasteiger partial charge in [-0.05, 0) is 43.2 Å². The van der Waals surface area contributed by atoms with Crippen molar-refractivity contribution in [1.82, 2.24) is 20.0 Å². The average Bonchev–Trinajstić information content (AvgIpc) is 3.59. The van der Waals surface area contributed by atoms with E-state index in [0.717, 1.165) is 35.3 Å². The van der Waals surface area contributed by atoms with Crippen LogP contribution < -0.4 is 20.2 Å². The molecule has 0 saturated heterocycles. The molecule has 0 bridgehead atoms. The SMILES string of the molecule is COc1c(Cl)cccc1Nn1c(-c2ccnc3ccc(OC4CC4)nc23)cc2c1C(C)CNC2=O. The number of hydrogen-bond donors (Lipinski definition) is 2. The Kier molecular flexibility index (Phi) is 5.25. The number of nitrogens with zero attached hydrogens (tertiary/aromatic N) is 3. The molecule has 8 nitrogen and oxygen atoms in total. The van der Waals surface area contributed by atoms with Gasteiger partial charge in [-0.3, -0.25) is 19.9 Å². The van der Waals surface area contributed by atoms with Gasteiger partial charge in [-0.15, -0.1) is 0 Å². The van der Waals surface area contributed by atoms with Crippen LogP contribution in [0.1, 0.15) is 41.7 Å². The second-order valence-electron chi connectivity index (χ2n) is 8.90. The summed E-state index contributed by atoms with van der Waals surface area (Å²) in [4.78, 5) is 22.2. The molecular formula is C26H24ClN5O3. The predicted molar refractivity (Wildman–Crippen MR) is 134 cm³/mol. The number of ether oxygens (including phenoxy) is 2. The Balaban J connectivity index is 1.56. The summed E-state index contributed by atoms with van der Waals surface area (Å²) in [6.07, 6.45) is 4.08. The van der Waals surface area contributed by atoms with Gasteiger partial charge < -0.3 is 14.8 Å². The lowest BCUT2D eigenvalue weighted by atomic mass is 9.99. The molecule has 2 N–H and O–H groups in total. The van der Waals surface area contributed by atoms with E-state index >= 15 is 0 Å². The van der Waals surface area contributed by atoms with Gasteiger partial charge in [0.05, 0.1) is 40.3 Å². The van der Waals surface area contributed by atoms with Gasteiger partial charge in [-0.2, -0.15) is 0 Å². The lowest BCUT2D eigenvalue weighted by Crippen LogP contribution is -2.35. The van der Waals surface area contributed by atoms with Crippen LogP contribution in [0.15, 0.2) is 48.7 Å². The van der Waals surface area contributed by atoms with Crippen molar-refractivity contribution in [3.05, 3.63) is 64.9 Å². The molecule has 1 aromatic carbocycles. The summed E-state index contributed by atoms with van der Waals surface area (Å²) in [5.41, 5.74) is 8.69. The summed E-state index contributed by atoms with van der Waals surface area (Å²) in [6.45, 7) is 2.62. The number of pyridine rings is 2. The summed E-state index contributed by atoms with van der Waals surface area (Å²) in [7, 11) is 1.58. The van der Waals surface area contributed by atoms with Crippen molar-refractivity contribution < 1.29 is 14.3 Å². The quantitative estimate of drug-likeness (QED) is 0.395. The summed E-state index contributed by atoms with van der Waals surface area (Å²) >= 11 is 6.39. The molecule has 3 aromatic heterocycles. The van der Waals surface area contributed by atoms with Crippen LogP contribution in [0.4, 0.5) is 5.69 Å². The number of carbonyl (C=O) groups excluding carboxylic acids is 1. The van der Waals surface area contributed by atoms with Gasteiger partial charge in [0.15, 0.2) is 5.75 Å². The monoisotopic (exact) mass is 489 g/mol. The first-order valence-electron chi connectivity index (χ1n) is 11.6. The van der Waals surface area contributed by atoms with Gasteiger partial charge in [-0.25, -0.2) is 4.98 Å². The second-order valence-corrected chi connectivity index (χ2v) is 9.31. The number of hydrogen-bond acceptors (Lipinski definition) is 6. The van der Waals surface area contributed by atoms with Crippen molar-refractivity contribution in [1.29, 1.82) is 0 Å². The highest BCUT2D eigenvalue weighted by Crippen LogP contribution is 2.38. The summed E-state index contributed by atoms with van der Waals surface area (Å²) in [6, 6.07) is 13.1. The van der Waals surface area contributed by atoms with Crippen molar-refractivity contribution in [2.45, 2.75) is 31.8 Å². The van der Waals surface area contributed by atoms with Crippen LogP contribution in [-0.4, -0.2) is 40.3 Å². The Hall–Kier alpha value is -3.78. The zero-order chi connectivity index (χ0) is 24.1. The van der Waals surface area contributed by atoms with Crippen LogP contribution in [0.5, 0.6) is 11.6 Å². The first kappa shape index (κ1) is 21.7. The maximum atomic E-state index is 12.9. The maximum Gasteiger partial charge on any atom is 0.253 e. The third-order valence-corrected chi connectivity index (χ3v) is 6.67. The minimum atomic E-state index is -0.109. The van der Waals surface area contributed by atoms with E-state index in [1.165, 1.54) is 0 Å². The number of aromatic nitrogens is 3. The van der Waals surface area contributed by atoms with E-state index in [1.807, 2.05) is 41.1 Å². The molecule has 1 aliphatic heterocycles. The number of fused-ring (bicyclic) bond motifs is 2. The number of amides is 1. The van der Waals surface area contributed by atoms with E-state index < -0.39 is 0 Å². The number of benzene rings is 1. The first-order valence-corrected chi connectivity index (χ1v) is 12.0. The average molecular weight is 490 g/mol. The van der Waals surface area contributed by atoms with Gasteiger partial charge in [0.2, 0.25) is 5.88 Å². The van der Waals surface area contributed by atoms with E-state index in [-0.39, 0.29) is 17.9 Å². The number of nitrogens with one attached hydrogen (secondary N) is 2. The topological polar surface area (TPSA) is 90.3 Å². The van der Waals surface area contributed by atoms with Crippen molar-refractivity contribution in [3.63, 3.8) is 0 Å². The lowest BCUT2D eigenvalue weighted by Gasteiger charge is -2.25. The first-order chi connectivity index (χ1) is 17.0. The standard InChI is InChI=1S/C26H24ClN5O3/c1-14-13-29-26(33)17-12-21(32(24(14)17)31-20-5-3-4-18(27)25(20)34-2)16-10-11-28-19-8-9-22(30-23(16)19)35-15-6-7-15/h3-5,8-12,14-15,31H,6-7,13H2,1-2H3,(H,29,33). The van der Waals surface area contributed by atoms with Crippen LogP contribution in [0.2, 0.25) is 5.02 Å². The molecule has 1 atom stereocenters. The molecule has 6 rings (SSSR count). The van der Waals surface area contributed by atoms with Gasteiger partial charge in [0.1, 0.15) is 11.6 Å². The third kappa shape index (κ3) is 3.83. The number of anilines is 1. The van der Waals surface area contributed by atoms with Gasteiger partial charge >= 0.3 is 0 Å². The molecule has 178 valence electrons. The van der Waals surface area contributed by atoms with Crippen molar-refractivity contribution in [2.75, 3.05) is 19.1 Å². The number of halogens is 1. The molecule has 9 heteroatoms. The van der Waals surface area contributed by atoms with Crippen LogP contribution in [0, 0.1) is 0 Å². The van der Waals surface area contributed by atoms with E-state index in [4.69, 9.17) is 26.1 Å². The second kappa shape index (κ2) is 8.46. The molecule has 1 unspecified atom stereocenters. The van der Waals surface area contributed by atoms with Crippen molar-refractivity contribution in [3.8, 4) is 22.9 Å². The Bertz CT molecular complexity index is 1460. The highest BCUT2D eigenvalue weighted by Gasteiger charge is 2.31. The minimum absolute atomic E-state index is 0.0731. The Morgan fingerprint density at radius 1 is 1.17 bits per heavy atom. The van der Waals surface area contributed by atoms with Gasteiger partial charge in [0, 0.05) is 30.3 Å². The number of carbonyl (C=O) groups is 1. The smallest absolute Gasteiger partial charge is 0.253 e. The molecule has 0 spiro atoms.